The molecule has 0 aliphatic carbocycles. The second-order valence-electron chi connectivity index (χ2n) is 18.9. The first-order valence-electron chi connectivity index (χ1n) is 23.3. The van der Waals surface area contributed by atoms with Crippen LogP contribution in [0.5, 0.6) is 0 Å². The van der Waals surface area contributed by atoms with E-state index >= 15 is 0 Å². The van der Waals surface area contributed by atoms with Crippen LogP contribution in [-0.4, -0.2) is 138 Å². The summed E-state index contributed by atoms with van der Waals surface area (Å²) in [6.45, 7) is 20.7. The van der Waals surface area contributed by atoms with E-state index in [0.717, 1.165) is 63.8 Å². The fourth-order valence-corrected chi connectivity index (χ4v) is 9.86. The van der Waals surface area contributed by atoms with Gasteiger partial charge in [0.15, 0.2) is 0 Å². The molecule has 0 radical (unpaired) electrons. The molecule has 2 N–H and O–H groups in total. The standard InChI is InChI=1S/C50H70N8O7/c1-10-43(60)56-25-20-37(29-56)48(62)54(8)45(33(3)4)47(61)53-41(49(63)58-24-13-12-22-52-58)30-55-23-15-16-36(28-55)35-18-19-42-39(26-35)40(27-50(6,7)31-65-32-59)46(57(42)11-2)38-17-14-21-51-44(38)34(5)64-9/h10,14,16-19,21,26,32-34,37,41,45,52H,1,11-13,15,20,22-25,27-31H2,2-9H3,(H,53,61)/t34-,37-,41-,45-/m0/s1. The first kappa shape index (κ1) is 49.1. The Hall–Kier alpha value is -5.38. The Labute approximate surface area is 384 Å². The number of benzene rings is 1. The number of carbonyl (C=O) groups is 5. The van der Waals surface area contributed by atoms with Crippen molar-refractivity contribution < 1.29 is 33.4 Å². The Morgan fingerprint density at radius 3 is 2.57 bits per heavy atom. The molecule has 3 aliphatic heterocycles. The van der Waals surface area contributed by atoms with Crippen LogP contribution in [0.25, 0.3) is 27.7 Å². The SMILES string of the molecule is C=CC(=O)N1CC[C@H](C(=O)N(C)[C@H](C(=O)N[C@@H](CN2CCC=C(c3ccc4c(c3)c(CC(C)(C)COC=O)c(-c3cccnc3[C@H](C)OC)n4CC)C2)C(=O)N2CCCCN2)C(C)C)C1. The van der Waals surface area contributed by atoms with E-state index in [1.165, 1.54) is 11.0 Å². The van der Waals surface area contributed by atoms with Gasteiger partial charge in [-0.2, -0.15) is 0 Å². The number of hydrazine groups is 1. The first-order chi connectivity index (χ1) is 31.1. The number of aryl methyl sites for hydroxylation is 1. The summed E-state index contributed by atoms with van der Waals surface area (Å²) < 4.78 is 13.5. The predicted molar refractivity (Wildman–Crippen MR) is 252 cm³/mol. The highest BCUT2D eigenvalue weighted by Gasteiger charge is 2.39. The van der Waals surface area contributed by atoms with Gasteiger partial charge in [-0.3, -0.25) is 38.9 Å². The molecule has 15 nitrogen and oxygen atoms in total. The Morgan fingerprint density at radius 1 is 1.11 bits per heavy atom. The molecule has 4 atom stereocenters. The average Bonchev–Trinajstić information content (AvgIpc) is 3.93. The molecule has 3 aliphatic rings. The number of nitrogens with one attached hydrogen (secondary N) is 2. The fourth-order valence-electron chi connectivity index (χ4n) is 9.86. The molecule has 4 amide bonds. The molecular weight excluding hydrogens is 825 g/mol. The molecular formula is C50H70N8O7. The molecule has 65 heavy (non-hydrogen) atoms. The van der Waals surface area contributed by atoms with Crippen LogP contribution in [0.1, 0.15) is 90.2 Å². The molecule has 0 bridgehead atoms. The fraction of sp³-hybridized carbons (Fsp3) is 0.560. The lowest BCUT2D eigenvalue weighted by molar-refractivity contribution is -0.146. The van der Waals surface area contributed by atoms with E-state index in [9.17, 15) is 24.0 Å². The summed E-state index contributed by atoms with van der Waals surface area (Å²) in [5.74, 6) is -1.68. The number of pyridine rings is 1. The van der Waals surface area contributed by atoms with Crippen LogP contribution in [-0.2, 0) is 46.4 Å². The number of likely N-dealkylation sites (N-methyl/N-ethyl adjacent to an activating group) is 1. The second-order valence-corrected chi connectivity index (χ2v) is 18.9. The maximum atomic E-state index is 14.4. The van der Waals surface area contributed by atoms with Gasteiger partial charge in [-0.05, 0) is 98.9 Å². The minimum absolute atomic E-state index is 0.200. The molecule has 1 aromatic carbocycles. The van der Waals surface area contributed by atoms with Gasteiger partial charge in [0.1, 0.15) is 12.1 Å². The number of rotatable bonds is 19. The van der Waals surface area contributed by atoms with Crippen LogP contribution in [0.3, 0.4) is 0 Å². The number of fused-ring (bicyclic) bond motifs is 1. The zero-order chi connectivity index (χ0) is 47.0. The highest BCUT2D eigenvalue weighted by Crippen LogP contribution is 2.41. The molecule has 15 heteroatoms. The Balaban J connectivity index is 1.30. The van der Waals surface area contributed by atoms with E-state index < -0.39 is 18.0 Å². The number of hydrogen-bond donors (Lipinski definition) is 2. The minimum atomic E-state index is -0.876. The van der Waals surface area contributed by atoms with Gasteiger partial charge in [0, 0.05) is 94.6 Å². The van der Waals surface area contributed by atoms with Crippen LogP contribution >= 0.6 is 0 Å². The largest absolute Gasteiger partial charge is 0.467 e. The van der Waals surface area contributed by atoms with E-state index in [1.54, 1.807) is 30.3 Å². The van der Waals surface area contributed by atoms with E-state index in [0.29, 0.717) is 58.6 Å². The van der Waals surface area contributed by atoms with E-state index in [1.807, 2.05) is 26.8 Å². The third-order valence-electron chi connectivity index (χ3n) is 13.2. The quantitative estimate of drug-likeness (QED) is 0.118. The number of nitrogens with zero attached hydrogens (tertiary/aromatic N) is 6. The zero-order valence-electron chi connectivity index (χ0n) is 39.7. The highest BCUT2D eigenvalue weighted by molar-refractivity contribution is 5.95. The third-order valence-corrected chi connectivity index (χ3v) is 13.2. The second kappa shape index (κ2) is 21.7. The van der Waals surface area contributed by atoms with Crippen molar-refractivity contribution in [1.82, 2.24) is 40.0 Å². The van der Waals surface area contributed by atoms with Crippen molar-refractivity contribution in [1.29, 1.82) is 0 Å². The van der Waals surface area contributed by atoms with Crippen LogP contribution in [0.2, 0.25) is 0 Å². The van der Waals surface area contributed by atoms with Crippen molar-refractivity contribution in [2.75, 3.05) is 66.6 Å². The summed E-state index contributed by atoms with van der Waals surface area (Å²) in [6.07, 6.45) is 8.77. The van der Waals surface area contributed by atoms with Crippen molar-refractivity contribution in [3.63, 3.8) is 0 Å². The number of amides is 4. The number of ether oxygens (including phenoxy) is 2. The number of aromatic nitrogens is 2. The normalized spacial score (nSPS) is 18.5. The van der Waals surface area contributed by atoms with E-state index in [-0.39, 0.29) is 60.8 Å². The Bertz CT molecular complexity index is 2240. The van der Waals surface area contributed by atoms with Gasteiger partial charge in [0.25, 0.3) is 12.4 Å². The molecule has 5 heterocycles. The summed E-state index contributed by atoms with van der Waals surface area (Å²) in [7, 11) is 3.33. The molecule has 2 fully saturated rings. The summed E-state index contributed by atoms with van der Waals surface area (Å²) in [5, 5.41) is 5.86. The zero-order valence-corrected chi connectivity index (χ0v) is 39.7. The van der Waals surface area contributed by atoms with Gasteiger partial charge >= 0.3 is 0 Å². The smallest absolute Gasteiger partial charge is 0.293 e. The summed E-state index contributed by atoms with van der Waals surface area (Å²) in [6, 6.07) is 8.97. The van der Waals surface area contributed by atoms with Crippen molar-refractivity contribution in [3.05, 3.63) is 72.1 Å². The third kappa shape index (κ3) is 11.2. The molecule has 0 saturated carbocycles. The Kier molecular flexibility index (Phi) is 16.4. The lowest BCUT2D eigenvalue weighted by Crippen LogP contribution is -2.61. The topological polar surface area (TPSA) is 159 Å². The van der Waals surface area contributed by atoms with Gasteiger partial charge in [-0.1, -0.05) is 46.4 Å². The number of hydrogen-bond acceptors (Lipinski definition) is 10. The number of likely N-dealkylation sites (tertiary alicyclic amines) is 1. The monoisotopic (exact) mass is 895 g/mol. The lowest BCUT2D eigenvalue weighted by Gasteiger charge is -2.37. The molecule has 352 valence electrons. The molecule has 3 aromatic rings. The highest BCUT2D eigenvalue weighted by atomic mass is 16.5. The van der Waals surface area contributed by atoms with Gasteiger partial charge in [0.05, 0.1) is 30.0 Å². The van der Waals surface area contributed by atoms with Crippen LogP contribution < -0.4 is 10.7 Å². The van der Waals surface area contributed by atoms with Gasteiger partial charge in [-0.25, -0.2) is 5.43 Å². The van der Waals surface area contributed by atoms with E-state index in [4.69, 9.17) is 14.5 Å². The van der Waals surface area contributed by atoms with Crippen molar-refractivity contribution >= 4 is 46.6 Å². The number of methoxy groups -OCH3 is 1. The maximum Gasteiger partial charge on any atom is 0.293 e. The van der Waals surface area contributed by atoms with Crippen LogP contribution in [0.4, 0.5) is 0 Å². The minimum Gasteiger partial charge on any atom is -0.467 e. The molecule has 0 unspecified atom stereocenters. The van der Waals surface area contributed by atoms with Gasteiger partial charge in [0.2, 0.25) is 17.7 Å². The average molecular weight is 895 g/mol. The molecule has 6 rings (SSSR count). The number of carbonyl (C=O) groups excluding carboxylic acids is 5. The van der Waals surface area contributed by atoms with E-state index in [2.05, 4.69) is 77.9 Å². The molecule has 2 aromatic heterocycles. The molecule has 0 spiro atoms. The maximum absolute atomic E-state index is 14.4. The Morgan fingerprint density at radius 2 is 1.89 bits per heavy atom. The summed E-state index contributed by atoms with van der Waals surface area (Å²) >= 11 is 0. The van der Waals surface area contributed by atoms with Gasteiger partial charge in [-0.15, -0.1) is 0 Å². The molecule has 2 saturated heterocycles. The summed E-state index contributed by atoms with van der Waals surface area (Å²) in [5.41, 5.74) is 10.2. The van der Waals surface area contributed by atoms with Crippen LogP contribution in [0, 0.1) is 17.3 Å². The lowest BCUT2D eigenvalue weighted by atomic mass is 9.84. The first-order valence-corrected chi connectivity index (χ1v) is 23.3. The summed E-state index contributed by atoms with van der Waals surface area (Å²) in [4.78, 5) is 76.4. The van der Waals surface area contributed by atoms with Gasteiger partial charge < -0.3 is 29.2 Å². The van der Waals surface area contributed by atoms with Crippen molar-refractivity contribution in [3.8, 4) is 11.3 Å². The predicted octanol–water partition coefficient (Wildman–Crippen LogP) is 5.39. The van der Waals surface area contributed by atoms with Crippen molar-refractivity contribution in [2.24, 2.45) is 17.3 Å². The van der Waals surface area contributed by atoms with Crippen LogP contribution in [0.15, 0.2) is 55.3 Å². The van der Waals surface area contributed by atoms with Crippen molar-refractivity contribution in [2.45, 2.75) is 98.4 Å².